The van der Waals surface area contributed by atoms with Crippen molar-refractivity contribution < 1.29 is 19.1 Å². The average Bonchev–Trinajstić information content (AvgIpc) is 2.81. The first-order valence-electron chi connectivity index (χ1n) is 10.5. The van der Waals surface area contributed by atoms with E-state index in [0.717, 1.165) is 11.1 Å². The Morgan fingerprint density at radius 1 is 0.968 bits per heavy atom. The lowest BCUT2D eigenvalue weighted by molar-refractivity contribution is -0.0755. The third-order valence-electron chi connectivity index (χ3n) is 6.06. The third kappa shape index (κ3) is 4.01. The number of ether oxygens (including phenoxy) is 2. The molecule has 2 fully saturated rings. The van der Waals surface area contributed by atoms with Crippen molar-refractivity contribution >= 4 is 22.9 Å². The SMILES string of the molecule is O=C(c1ccc2nccnc2c1)C1CC2COCC(C1)N2C(=O)OCc1ccccc1. The largest absolute Gasteiger partial charge is 0.445 e. The number of hydrogen-bond donors (Lipinski definition) is 0. The highest BCUT2D eigenvalue weighted by Crippen LogP contribution is 2.34. The molecule has 7 nitrogen and oxygen atoms in total. The van der Waals surface area contributed by atoms with Crippen LogP contribution in [0.2, 0.25) is 0 Å². The van der Waals surface area contributed by atoms with Gasteiger partial charge in [-0.05, 0) is 36.6 Å². The Labute approximate surface area is 180 Å². The number of amides is 1. The number of morpholine rings is 1. The van der Waals surface area contributed by atoms with Gasteiger partial charge in [-0.2, -0.15) is 0 Å². The van der Waals surface area contributed by atoms with Crippen molar-refractivity contribution in [2.75, 3.05) is 13.2 Å². The summed E-state index contributed by atoms with van der Waals surface area (Å²) in [7, 11) is 0. The predicted octanol–water partition coefficient (Wildman–Crippen LogP) is 3.63. The molecule has 158 valence electrons. The zero-order chi connectivity index (χ0) is 21.2. The molecular formula is C24H23N3O4. The number of fused-ring (bicyclic) bond motifs is 3. The highest BCUT2D eigenvalue weighted by atomic mass is 16.6. The number of rotatable bonds is 4. The number of ketones is 1. The highest BCUT2D eigenvalue weighted by Gasteiger charge is 2.44. The van der Waals surface area contributed by atoms with Gasteiger partial charge in [0.2, 0.25) is 0 Å². The fourth-order valence-corrected chi connectivity index (χ4v) is 4.57. The van der Waals surface area contributed by atoms with E-state index >= 15 is 0 Å². The molecule has 3 heterocycles. The molecule has 0 N–H and O–H groups in total. The summed E-state index contributed by atoms with van der Waals surface area (Å²) < 4.78 is 11.3. The van der Waals surface area contributed by atoms with Gasteiger partial charge < -0.3 is 9.47 Å². The van der Waals surface area contributed by atoms with E-state index in [9.17, 15) is 9.59 Å². The lowest BCUT2D eigenvalue weighted by atomic mass is 9.81. The Morgan fingerprint density at radius 2 is 1.68 bits per heavy atom. The number of hydrogen-bond acceptors (Lipinski definition) is 6. The van der Waals surface area contributed by atoms with Crippen molar-refractivity contribution in [3.8, 4) is 0 Å². The van der Waals surface area contributed by atoms with Crippen molar-refractivity contribution in [2.45, 2.75) is 31.5 Å². The molecule has 2 aliphatic rings. The van der Waals surface area contributed by atoms with E-state index in [1.54, 1.807) is 23.4 Å². The summed E-state index contributed by atoms with van der Waals surface area (Å²) in [6.45, 7) is 1.07. The molecule has 0 saturated carbocycles. The van der Waals surface area contributed by atoms with Crippen LogP contribution in [0.25, 0.3) is 11.0 Å². The molecule has 0 aliphatic carbocycles. The van der Waals surface area contributed by atoms with Gasteiger partial charge in [0.1, 0.15) is 6.61 Å². The minimum Gasteiger partial charge on any atom is -0.445 e. The van der Waals surface area contributed by atoms with Gasteiger partial charge in [-0.25, -0.2) is 4.79 Å². The second kappa shape index (κ2) is 8.43. The van der Waals surface area contributed by atoms with Crippen LogP contribution in [0.15, 0.2) is 60.9 Å². The van der Waals surface area contributed by atoms with Crippen LogP contribution in [-0.4, -0.2) is 52.0 Å². The van der Waals surface area contributed by atoms with Crippen LogP contribution in [0.3, 0.4) is 0 Å². The van der Waals surface area contributed by atoms with Crippen molar-refractivity contribution in [3.05, 3.63) is 72.1 Å². The molecule has 0 radical (unpaired) electrons. The van der Waals surface area contributed by atoms with E-state index in [1.807, 2.05) is 42.5 Å². The quantitative estimate of drug-likeness (QED) is 0.603. The van der Waals surface area contributed by atoms with Crippen molar-refractivity contribution in [2.24, 2.45) is 5.92 Å². The number of Topliss-reactive ketones (excluding diaryl/α,β-unsaturated/α-hetero) is 1. The monoisotopic (exact) mass is 417 g/mol. The van der Waals surface area contributed by atoms with Crippen LogP contribution in [0, 0.1) is 5.92 Å². The number of benzene rings is 2. The topological polar surface area (TPSA) is 81.6 Å². The molecule has 2 saturated heterocycles. The number of nitrogens with zero attached hydrogens (tertiary/aromatic N) is 3. The fraction of sp³-hybridized carbons (Fsp3) is 0.333. The summed E-state index contributed by atoms with van der Waals surface area (Å²) in [4.78, 5) is 36.4. The van der Waals surface area contributed by atoms with Crippen molar-refractivity contribution in [1.82, 2.24) is 14.9 Å². The molecule has 1 amide bonds. The summed E-state index contributed by atoms with van der Waals surface area (Å²) in [6.07, 6.45) is 4.05. The van der Waals surface area contributed by atoms with E-state index in [-0.39, 0.29) is 36.5 Å². The molecule has 31 heavy (non-hydrogen) atoms. The Kier molecular flexibility index (Phi) is 5.34. The Balaban J connectivity index is 1.29. The van der Waals surface area contributed by atoms with E-state index in [0.29, 0.717) is 37.1 Å². The molecule has 2 atom stereocenters. The maximum atomic E-state index is 13.2. The first-order valence-corrected chi connectivity index (χ1v) is 10.5. The third-order valence-corrected chi connectivity index (χ3v) is 6.06. The lowest BCUT2D eigenvalue weighted by Crippen LogP contribution is -2.59. The molecule has 0 spiro atoms. The van der Waals surface area contributed by atoms with Gasteiger partial charge in [-0.15, -0.1) is 0 Å². The smallest absolute Gasteiger partial charge is 0.410 e. The van der Waals surface area contributed by atoms with Crippen LogP contribution in [-0.2, 0) is 16.1 Å². The minimum absolute atomic E-state index is 0.0850. The van der Waals surface area contributed by atoms with E-state index in [1.165, 1.54) is 0 Å². The van der Waals surface area contributed by atoms with Gasteiger partial charge in [0.15, 0.2) is 5.78 Å². The Hall–Kier alpha value is -3.32. The molecule has 2 bridgehead atoms. The van der Waals surface area contributed by atoms with Gasteiger partial charge in [-0.3, -0.25) is 19.7 Å². The zero-order valence-corrected chi connectivity index (χ0v) is 17.0. The summed E-state index contributed by atoms with van der Waals surface area (Å²) in [5, 5.41) is 0. The Bertz CT molecular complexity index is 1090. The number of aromatic nitrogens is 2. The average molecular weight is 417 g/mol. The number of carbonyl (C=O) groups excluding carboxylic acids is 2. The molecule has 2 unspecified atom stereocenters. The second-order valence-electron chi connectivity index (χ2n) is 8.08. The maximum absolute atomic E-state index is 13.2. The van der Waals surface area contributed by atoms with Gasteiger partial charge in [0.25, 0.3) is 0 Å². The van der Waals surface area contributed by atoms with Gasteiger partial charge in [-0.1, -0.05) is 30.3 Å². The van der Waals surface area contributed by atoms with E-state index in [4.69, 9.17) is 9.47 Å². The lowest BCUT2D eigenvalue weighted by Gasteiger charge is -2.47. The second-order valence-corrected chi connectivity index (χ2v) is 8.08. The predicted molar refractivity (Wildman–Crippen MR) is 113 cm³/mol. The molecule has 1 aromatic heterocycles. The normalized spacial score (nSPS) is 22.8. The fourth-order valence-electron chi connectivity index (χ4n) is 4.57. The van der Waals surface area contributed by atoms with Crippen molar-refractivity contribution in [3.63, 3.8) is 0 Å². The molecule has 2 aliphatic heterocycles. The Morgan fingerprint density at radius 3 is 2.42 bits per heavy atom. The molecule has 7 heteroatoms. The first-order chi connectivity index (χ1) is 15.2. The van der Waals surface area contributed by atoms with Crippen molar-refractivity contribution in [1.29, 1.82) is 0 Å². The molecule has 3 aromatic rings. The molecule has 2 aromatic carbocycles. The molecule has 5 rings (SSSR count). The van der Waals surface area contributed by atoms with Gasteiger partial charge in [0, 0.05) is 23.9 Å². The zero-order valence-electron chi connectivity index (χ0n) is 17.0. The summed E-state index contributed by atoms with van der Waals surface area (Å²) >= 11 is 0. The number of piperidine rings is 1. The summed E-state index contributed by atoms with van der Waals surface area (Å²) in [6, 6.07) is 14.7. The summed E-state index contributed by atoms with van der Waals surface area (Å²) in [5.41, 5.74) is 3.05. The van der Waals surface area contributed by atoms with Gasteiger partial charge in [0.05, 0.1) is 36.3 Å². The summed E-state index contributed by atoms with van der Waals surface area (Å²) in [5.74, 6) is -0.0760. The first kappa shape index (κ1) is 19.6. The van der Waals surface area contributed by atoms with Crippen LogP contribution >= 0.6 is 0 Å². The van der Waals surface area contributed by atoms with Crippen LogP contribution < -0.4 is 0 Å². The standard InChI is InChI=1S/C24H23N3O4/c28-23(17-6-7-21-22(12-17)26-9-8-25-21)18-10-19-14-30-15-20(11-18)27(19)24(29)31-13-16-4-2-1-3-5-16/h1-9,12,18-20H,10-11,13-15H2. The molecular weight excluding hydrogens is 394 g/mol. The van der Waals surface area contributed by atoms with Crippen LogP contribution in [0.1, 0.15) is 28.8 Å². The van der Waals surface area contributed by atoms with E-state index < -0.39 is 0 Å². The van der Waals surface area contributed by atoms with E-state index in [2.05, 4.69) is 9.97 Å². The van der Waals surface area contributed by atoms with Crippen LogP contribution in [0.4, 0.5) is 4.79 Å². The highest BCUT2D eigenvalue weighted by molar-refractivity contribution is 6.00. The minimum atomic E-state index is -0.339. The van der Waals surface area contributed by atoms with Gasteiger partial charge >= 0.3 is 6.09 Å². The maximum Gasteiger partial charge on any atom is 0.410 e. The number of carbonyl (C=O) groups is 2. The van der Waals surface area contributed by atoms with Crippen LogP contribution in [0.5, 0.6) is 0 Å².